The van der Waals surface area contributed by atoms with Crippen molar-refractivity contribution >= 4 is 22.9 Å². The lowest BCUT2D eigenvalue weighted by Gasteiger charge is -2.13. The van der Waals surface area contributed by atoms with Crippen LogP contribution < -0.4 is 0 Å². The molecule has 1 heterocycles. The summed E-state index contributed by atoms with van der Waals surface area (Å²) in [6.07, 6.45) is 0. The lowest BCUT2D eigenvalue weighted by molar-refractivity contribution is 0.0575. The Morgan fingerprint density at radius 1 is 1.11 bits per heavy atom. The predicted molar refractivity (Wildman–Crippen MR) is 68.3 cm³/mol. The quantitative estimate of drug-likeness (QED) is 0.467. The summed E-state index contributed by atoms with van der Waals surface area (Å²) >= 11 is -1.89. The SMILES string of the molecule is O=C1c2ccccc2C(=O)N1CCOCCS(=O)O. The van der Waals surface area contributed by atoms with Gasteiger partial charge in [0.15, 0.2) is 11.1 Å². The number of nitrogens with zero attached hydrogens (tertiary/aromatic N) is 1. The lowest BCUT2D eigenvalue weighted by atomic mass is 10.1. The second-order valence-electron chi connectivity index (χ2n) is 3.95. The molecular formula is C12H13NO5S. The molecule has 0 saturated carbocycles. The number of rotatable bonds is 6. The minimum Gasteiger partial charge on any atom is -0.379 e. The van der Waals surface area contributed by atoms with Crippen molar-refractivity contribution in [3.8, 4) is 0 Å². The standard InChI is InChI=1S/C12H13NO5S/c14-11-9-3-1-2-4-10(9)12(15)13(11)5-6-18-7-8-19(16)17/h1-4H,5-8H2,(H,16,17). The van der Waals surface area contributed by atoms with Crippen LogP contribution >= 0.6 is 0 Å². The Morgan fingerprint density at radius 2 is 1.68 bits per heavy atom. The van der Waals surface area contributed by atoms with Crippen LogP contribution in [0.3, 0.4) is 0 Å². The van der Waals surface area contributed by atoms with E-state index in [2.05, 4.69) is 0 Å². The van der Waals surface area contributed by atoms with Gasteiger partial charge in [0.1, 0.15) is 0 Å². The highest BCUT2D eigenvalue weighted by atomic mass is 32.2. The molecule has 1 unspecified atom stereocenters. The zero-order valence-electron chi connectivity index (χ0n) is 10.1. The Labute approximate surface area is 112 Å². The molecule has 0 radical (unpaired) electrons. The fourth-order valence-electron chi connectivity index (χ4n) is 1.83. The van der Waals surface area contributed by atoms with Gasteiger partial charge in [-0.25, -0.2) is 4.21 Å². The molecule has 0 aromatic heterocycles. The molecule has 2 rings (SSSR count). The highest BCUT2D eigenvalue weighted by Crippen LogP contribution is 2.21. The van der Waals surface area contributed by atoms with Gasteiger partial charge in [-0.15, -0.1) is 0 Å². The van der Waals surface area contributed by atoms with Crippen molar-refractivity contribution < 1.29 is 23.1 Å². The van der Waals surface area contributed by atoms with Gasteiger partial charge in [-0.1, -0.05) is 12.1 Å². The van der Waals surface area contributed by atoms with Gasteiger partial charge < -0.3 is 9.29 Å². The van der Waals surface area contributed by atoms with Crippen LogP contribution in [0.25, 0.3) is 0 Å². The largest absolute Gasteiger partial charge is 0.379 e. The molecule has 0 aliphatic carbocycles. The van der Waals surface area contributed by atoms with E-state index < -0.39 is 11.1 Å². The molecule has 1 N–H and O–H groups in total. The Balaban J connectivity index is 1.88. The van der Waals surface area contributed by atoms with Crippen molar-refractivity contribution in [1.29, 1.82) is 0 Å². The van der Waals surface area contributed by atoms with Gasteiger partial charge in [0, 0.05) is 0 Å². The monoisotopic (exact) mass is 283 g/mol. The third-order valence-electron chi connectivity index (χ3n) is 2.74. The molecule has 0 saturated heterocycles. The van der Waals surface area contributed by atoms with Crippen molar-refractivity contribution in [2.24, 2.45) is 0 Å². The normalized spacial score (nSPS) is 15.7. The first-order chi connectivity index (χ1) is 9.11. The zero-order chi connectivity index (χ0) is 13.8. The fourth-order valence-corrected chi connectivity index (χ4v) is 2.09. The Hall–Kier alpha value is -1.57. The van der Waals surface area contributed by atoms with E-state index in [1.807, 2.05) is 0 Å². The summed E-state index contributed by atoms with van der Waals surface area (Å²) in [5, 5.41) is 0. The molecule has 1 aliphatic rings. The summed E-state index contributed by atoms with van der Waals surface area (Å²) in [7, 11) is 0. The average Bonchev–Trinajstić information content (AvgIpc) is 2.63. The summed E-state index contributed by atoms with van der Waals surface area (Å²) in [4.78, 5) is 25.0. The molecule has 0 fully saturated rings. The first-order valence-corrected chi connectivity index (χ1v) is 6.99. The van der Waals surface area contributed by atoms with Crippen molar-refractivity contribution in [3.05, 3.63) is 35.4 Å². The van der Waals surface area contributed by atoms with Crippen molar-refractivity contribution in [2.75, 3.05) is 25.5 Å². The molecule has 1 atom stereocenters. The van der Waals surface area contributed by atoms with Crippen LogP contribution in [0.15, 0.2) is 24.3 Å². The molecular weight excluding hydrogens is 270 g/mol. The number of ether oxygens (including phenoxy) is 1. The second kappa shape index (κ2) is 6.05. The maximum atomic E-state index is 11.9. The number of hydrogen-bond acceptors (Lipinski definition) is 4. The summed E-state index contributed by atoms with van der Waals surface area (Å²) in [5.74, 6) is -0.632. The lowest BCUT2D eigenvalue weighted by Crippen LogP contribution is -2.33. The van der Waals surface area contributed by atoms with Crippen LogP contribution in [0.4, 0.5) is 0 Å². The van der Waals surface area contributed by atoms with Gasteiger partial charge in [-0.2, -0.15) is 0 Å². The molecule has 1 aromatic rings. The van der Waals surface area contributed by atoms with E-state index in [0.717, 1.165) is 4.90 Å². The van der Waals surface area contributed by atoms with Gasteiger partial charge >= 0.3 is 0 Å². The van der Waals surface area contributed by atoms with E-state index in [1.54, 1.807) is 24.3 Å². The van der Waals surface area contributed by atoms with E-state index in [1.165, 1.54) is 0 Å². The predicted octanol–water partition coefficient (Wildman–Crippen LogP) is 0.521. The fraction of sp³-hybridized carbons (Fsp3) is 0.333. The van der Waals surface area contributed by atoms with Crippen LogP contribution in [-0.2, 0) is 15.8 Å². The first-order valence-electron chi connectivity index (χ1n) is 5.71. The topological polar surface area (TPSA) is 83.9 Å². The third-order valence-corrected chi connectivity index (χ3v) is 3.26. The number of benzene rings is 1. The number of amides is 2. The molecule has 1 aliphatic heterocycles. The number of fused-ring (bicyclic) bond motifs is 1. The molecule has 0 spiro atoms. The van der Waals surface area contributed by atoms with E-state index in [-0.39, 0.29) is 37.3 Å². The van der Waals surface area contributed by atoms with Crippen LogP contribution in [0.1, 0.15) is 20.7 Å². The van der Waals surface area contributed by atoms with Gasteiger partial charge in [0.25, 0.3) is 11.8 Å². The second-order valence-corrected chi connectivity index (χ2v) is 5.00. The van der Waals surface area contributed by atoms with Crippen molar-refractivity contribution in [1.82, 2.24) is 4.90 Å². The number of carbonyl (C=O) groups excluding carboxylic acids is 2. The molecule has 6 nitrogen and oxygen atoms in total. The van der Waals surface area contributed by atoms with Crippen LogP contribution in [0, 0.1) is 0 Å². The third kappa shape index (κ3) is 3.06. The van der Waals surface area contributed by atoms with E-state index in [9.17, 15) is 13.8 Å². The van der Waals surface area contributed by atoms with Gasteiger partial charge in [-0.05, 0) is 12.1 Å². The van der Waals surface area contributed by atoms with Crippen LogP contribution in [0.2, 0.25) is 0 Å². The maximum absolute atomic E-state index is 11.9. The van der Waals surface area contributed by atoms with Gasteiger partial charge in [0.05, 0.1) is 36.6 Å². The molecule has 19 heavy (non-hydrogen) atoms. The van der Waals surface area contributed by atoms with Gasteiger partial charge in [-0.3, -0.25) is 14.5 Å². The van der Waals surface area contributed by atoms with E-state index in [0.29, 0.717) is 11.1 Å². The molecule has 0 bridgehead atoms. The van der Waals surface area contributed by atoms with E-state index in [4.69, 9.17) is 9.29 Å². The first kappa shape index (κ1) is 13.9. The number of carbonyl (C=O) groups is 2. The van der Waals surface area contributed by atoms with Gasteiger partial charge in [0.2, 0.25) is 0 Å². The van der Waals surface area contributed by atoms with Crippen molar-refractivity contribution in [3.63, 3.8) is 0 Å². The smallest absolute Gasteiger partial charge is 0.261 e. The summed E-state index contributed by atoms with van der Waals surface area (Å²) in [6.45, 7) is 0.416. The number of imide groups is 1. The molecule has 1 aromatic carbocycles. The summed E-state index contributed by atoms with van der Waals surface area (Å²) in [6, 6.07) is 6.65. The maximum Gasteiger partial charge on any atom is 0.261 e. The molecule has 2 amide bonds. The summed E-state index contributed by atoms with van der Waals surface area (Å²) < 4.78 is 24.0. The Bertz CT molecular complexity index is 496. The van der Waals surface area contributed by atoms with Crippen molar-refractivity contribution in [2.45, 2.75) is 0 Å². The molecule has 7 heteroatoms. The Morgan fingerprint density at radius 3 is 2.21 bits per heavy atom. The minimum atomic E-state index is -1.89. The van der Waals surface area contributed by atoms with E-state index >= 15 is 0 Å². The Kier molecular flexibility index (Phi) is 4.41. The summed E-state index contributed by atoms with van der Waals surface area (Å²) in [5.41, 5.74) is 0.813. The zero-order valence-corrected chi connectivity index (χ0v) is 10.9. The number of hydrogen-bond donors (Lipinski definition) is 1. The van der Waals surface area contributed by atoms with Crippen LogP contribution in [-0.4, -0.2) is 51.0 Å². The highest BCUT2D eigenvalue weighted by molar-refractivity contribution is 7.79. The highest BCUT2D eigenvalue weighted by Gasteiger charge is 2.34. The van der Waals surface area contributed by atoms with Crippen LogP contribution in [0.5, 0.6) is 0 Å². The minimum absolute atomic E-state index is 0.0160. The molecule has 102 valence electrons. The average molecular weight is 283 g/mol.